The maximum absolute atomic E-state index is 12.5. The van der Waals surface area contributed by atoms with Crippen LogP contribution in [0.5, 0.6) is 0 Å². The van der Waals surface area contributed by atoms with Crippen molar-refractivity contribution in [2.75, 3.05) is 7.05 Å². The first kappa shape index (κ1) is 16.7. The molecule has 102 valence electrons. The van der Waals surface area contributed by atoms with E-state index < -0.39 is 20.3 Å². The highest BCUT2D eigenvalue weighted by atomic mass is 28.3. The largest absolute Gasteiger partial charge is 0.470 e. The standard InChI is InChI=1S/C12H18F3NOSi/c1-5-8-18(9-6-2,10-7-3)16(4)11(17)12(13,14)15/h5-7H,1-3,8-10H2,4H3. The molecule has 0 saturated heterocycles. The molecule has 1 amide bonds. The molecule has 0 aromatic heterocycles. The summed E-state index contributed by atoms with van der Waals surface area (Å²) in [5.41, 5.74) is 0. The summed E-state index contributed by atoms with van der Waals surface area (Å²) < 4.78 is 38.4. The second-order valence-electron chi connectivity index (χ2n) is 4.06. The van der Waals surface area contributed by atoms with E-state index in [4.69, 9.17) is 0 Å². The second kappa shape index (κ2) is 6.58. The van der Waals surface area contributed by atoms with Gasteiger partial charge in [0.05, 0.1) is 0 Å². The van der Waals surface area contributed by atoms with Crippen molar-refractivity contribution >= 4 is 14.1 Å². The fourth-order valence-corrected chi connectivity index (χ4v) is 5.36. The number of amides is 1. The number of halogens is 3. The van der Waals surface area contributed by atoms with Crippen LogP contribution < -0.4 is 0 Å². The monoisotopic (exact) mass is 277 g/mol. The van der Waals surface area contributed by atoms with E-state index in [1.165, 1.54) is 7.05 Å². The highest BCUT2D eigenvalue weighted by molar-refractivity contribution is 6.80. The van der Waals surface area contributed by atoms with E-state index in [1.807, 2.05) is 0 Å². The van der Waals surface area contributed by atoms with Crippen molar-refractivity contribution in [1.29, 1.82) is 0 Å². The van der Waals surface area contributed by atoms with E-state index in [0.717, 1.165) is 4.57 Å². The Kier molecular flexibility index (Phi) is 6.11. The summed E-state index contributed by atoms with van der Waals surface area (Å²) in [6, 6.07) is 1.13. The summed E-state index contributed by atoms with van der Waals surface area (Å²) in [5.74, 6) is -1.81. The molecule has 0 aliphatic rings. The van der Waals surface area contributed by atoms with E-state index >= 15 is 0 Å². The Morgan fingerprint density at radius 3 is 1.67 bits per heavy atom. The van der Waals surface area contributed by atoms with E-state index in [-0.39, 0.29) is 0 Å². The van der Waals surface area contributed by atoms with E-state index in [1.54, 1.807) is 18.2 Å². The Hall–Kier alpha value is -1.30. The highest BCUT2D eigenvalue weighted by Crippen LogP contribution is 2.30. The number of hydrogen-bond acceptors (Lipinski definition) is 1. The van der Waals surface area contributed by atoms with Crippen LogP contribution in [0.3, 0.4) is 0 Å². The van der Waals surface area contributed by atoms with Crippen molar-refractivity contribution in [3.05, 3.63) is 38.0 Å². The number of alkyl halides is 3. The summed E-state index contributed by atoms with van der Waals surface area (Å²) in [7, 11) is -1.46. The molecule has 0 saturated carbocycles. The molecule has 0 unspecified atom stereocenters. The van der Waals surface area contributed by atoms with Crippen LogP contribution in [0.25, 0.3) is 0 Å². The maximum Gasteiger partial charge on any atom is 0.470 e. The molecule has 0 atom stereocenters. The van der Waals surface area contributed by atoms with Gasteiger partial charge in [0, 0.05) is 7.05 Å². The van der Waals surface area contributed by atoms with Crippen LogP contribution in [-0.2, 0) is 4.79 Å². The van der Waals surface area contributed by atoms with Gasteiger partial charge >= 0.3 is 12.1 Å². The molecule has 0 radical (unpaired) electrons. The lowest BCUT2D eigenvalue weighted by Crippen LogP contribution is -2.56. The lowest BCUT2D eigenvalue weighted by molar-refractivity contribution is -0.180. The molecule has 2 nitrogen and oxygen atoms in total. The number of carbonyl (C=O) groups is 1. The Labute approximate surface area is 107 Å². The third kappa shape index (κ3) is 3.87. The smallest absolute Gasteiger partial charge is 0.363 e. The fourth-order valence-electron chi connectivity index (χ4n) is 1.87. The summed E-state index contributed by atoms with van der Waals surface area (Å²) in [5, 5.41) is 0. The first-order valence-electron chi connectivity index (χ1n) is 5.43. The average molecular weight is 277 g/mol. The van der Waals surface area contributed by atoms with Gasteiger partial charge in [-0.15, -0.1) is 19.7 Å². The van der Waals surface area contributed by atoms with Gasteiger partial charge in [0.25, 0.3) is 0 Å². The Morgan fingerprint density at radius 2 is 1.44 bits per heavy atom. The molecular weight excluding hydrogens is 259 g/mol. The lowest BCUT2D eigenvalue weighted by atomic mass is 10.6. The molecule has 0 aliphatic heterocycles. The minimum Gasteiger partial charge on any atom is -0.363 e. The molecule has 0 aromatic rings. The molecule has 18 heavy (non-hydrogen) atoms. The fraction of sp³-hybridized carbons (Fsp3) is 0.417. The van der Waals surface area contributed by atoms with Gasteiger partial charge in [0.2, 0.25) is 0 Å². The lowest BCUT2D eigenvalue weighted by Gasteiger charge is -2.38. The Balaban J connectivity index is 5.39. The van der Waals surface area contributed by atoms with Gasteiger partial charge in [0.1, 0.15) is 0 Å². The topological polar surface area (TPSA) is 20.3 Å². The van der Waals surface area contributed by atoms with Crippen molar-refractivity contribution in [3.8, 4) is 0 Å². The molecule has 0 spiro atoms. The zero-order valence-electron chi connectivity index (χ0n) is 10.5. The molecule has 0 N–H and O–H groups in total. The van der Waals surface area contributed by atoms with Gasteiger partial charge in [-0.2, -0.15) is 13.2 Å². The number of carbonyl (C=O) groups excluding carboxylic acids is 1. The highest BCUT2D eigenvalue weighted by Gasteiger charge is 2.48. The van der Waals surface area contributed by atoms with Gasteiger partial charge < -0.3 is 4.57 Å². The van der Waals surface area contributed by atoms with Crippen molar-refractivity contribution < 1.29 is 18.0 Å². The molecule has 0 rings (SSSR count). The minimum absolute atomic E-state index is 0.378. The van der Waals surface area contributed by atoms with Crippen LogP contribution >= 0.6 is 0 Å². The predicted molar refractivity (Wildman–Crippen MR) is 69.6 cm³/mol. The maximum atomic E-state index is 12.5. The van der Waals surface area contributed by atoms with Gasteiger partial charge in [-0.3, -0.25) is 4.79 Å². The molecule has 6 heteroatoms. The summed E-state index contributed by atoms with van der Waals surface area (Å²) in [6.07, 6.45) is -0.186. The molecule has 0 bridgehead atoms. The van der Waals surface area contributed by atoms with Crippen LogP contribution in [0, 0.1) is 0 Å². The van der Waals surface area contributed by atoms with E-state index in [2.05, 4.69) is 19.7 Å². The molecule has 0 fully saturated rings. The minimum atomic E-state index is -4.85. The zero-order chi connectivity index (χ0) is 14.4. The van der Waals surface area contributed by atoms with Crippen molar-refractivity contribution in [2.24, 2.45) is 0 Å². The average Bonchev–Trinajstić information content (AvgIpc) is 2.26. The normalized spacial score (nSPS) is 11.8. The quantitative estimate of drug-likeness (QED) is 0.515. The van der Waals surface area contributed by atoms with Gasteiger partial charge in [0.15, 0.2) is 8.24 Å². The SMILES string of the molecule is C=CC[Si](CC=C)(CC=C)N(C)C(=O)C(F)(F)F. The summed E-state index contributed by atoms with van der Waals surface area (Å²) in [4.78, 5) is 11.4. The van der Waals surface area contributed by atoms with Crippen molar-refractivity contribution in [1.82, 2.24) is 4.57 Å². The predicted octanol–water partition coefficient (Wildman–Crippen LogP) is 3.51. The molecule has 0 heterocycles. The zero-order valence-corrected chi connectivity index (χ0v) is 11.5. The molecule has 0 aliphatic carbocycles. The Bertz CT molecular complexity index is 312. The number of rotatable bonds is 7. The third-order valence-corrected chi connectivity index (χ3v) is 7.60. The first-order chi connectivity index (χ1) is 8.25. The van der Waals surface area contributed by atoms with Gasteiger partial charge in [-0.05, 0) is 18.1 Å². The van der Waals surface area contributed by atoms with Crippen LogP contribution in [0.1, 0.15) is 0 Å². The summed E-state index contributed by atoms with van der Waals surface area (Å²) >= 11 is 0. The molecular formula is C12H18F3NOSi. The van der Waals surface area contributed by atoms with Crippen LogP contribution in [0.15, 0.2) is 38.0 Å². The van der Waals surface area contributed by atoms with E-state index in [0.29, 0.717) is 18.1 Å². The van der Waals surface area contributed by atoms with Gasteiger partial charge in [-0.1, -0.05) is 18.2 Å². The first-order valence-corrected chi connectivity index (χ1v) is 7.99. The Morgan fingerprint density at radius 1 is 1.11 bits per heavy atom. The third-order valence-electron chi connectivity index (χ3n) is 2.83. The number of allylic oxidation sites excluding steroid dienone is 3. The van der Waals surface area contributed by atoms with Crippen LogP contribution in [0.2, 0.25) is 18.1 Å². The van der Waals surface area contributed by atoms with Crippen molar-refractivity contribution in [3.63, 3.8) is 0 Å². The molecule has 0 aromatic carbocycles. The van der Waals surface area contributed by atoms with Crippen molar-refractivity contribution in [2.45, 2.75) is 24.3 Å². The second-order valence-corrected chi connectivity index (χ2v) is 8.41. The number of hydrogen-bond donors (Lipinski definition) is 0. The van der Waals surface area contributed by atoms with Gasteiger partial charge in [-0.25, -0.2) is 0 Å². The van der Waals surface area contributed by atoms with Crippen LogP contribution in [0.4, 0.5) is 13.2 Å². The number of nitrogens with zero attached hydrogens (tertiary/aromatic N) is 1. The summed E-state index contributed by atoms with van der Waals surface area (Å²) in [6.45, 7) is 10.7. The van der Waals surface area contributed by atoms with Crippen LogP contribution in [-0.4, -0.2) is 31.9 Å². The van der Waals surface area contributed by atoms with E-state index in [9.17, 15) is 18.0 Å².